The van der Waals surface area contributed by atoms with Crippen LogP contribution in [-0.2, 0) is 16.2 Å². The van der Waals surface area contributed by atoms with Gasteiger partial charge in [-0.15, -0.1) is 12.4 Å². The van der Waals surface area contributed by atoms with E-state index in [-0.39, 0.29) is 25.0 Å². The van der Waals surface area contributed by atoms with Crippen LogP contribution in [0.25, 0.3) is 0 Å². The van der Waals surface area contributed by atoms with E-state index in [1.165, 1.54) is 6.26 Å². The molecule has 5 nitrogen and oxygen atoms in total. The average Bonchev–Trinajstić information content (AvgIpc) is 3.16. The van der Waals surface area contributed by atoms with Crippen molar-refractivity contribution < 1.29 is 26.0 Å². The largest absolute Gasteiger partial charge is 0.468 e. The molecule has 2 heterocycles. The Morgan fingerprint density at radius 1 is 1.11 bits per heavy atom. The molecule has 1 aromatic carbocycles. The first-order valence-electron chi connectivity index (χ1n) is 8.72. The van der Waals surface area contributed by atoms with Crippen molar-refractivity contribution in [1.82, 2.24) is 9.62 Å². The van der Waals surface area contributed by atoms with Crippen LogP contribution in [0.3, 0.4) is 0 Å². The van der Waals surface area contributed by atoms with Crippen LogP contribution in [0.4, 0.5) is 13.2 Å². The maximum atomic E-state index is 12.9. The fourth-order valence-corrected chi connectivity index (χ4v) is 4.32. The van der Waals surface area contributed by atoms with Crippen LogP contribution >= 0.6 is 12.4 Å². The number of rotatable bonds is 6. The van der Waals surface area contributed by atoms with Crippen LogP contribution in [0.1, 0.15) is 36.6 Å². The molecule has 1 saturated heterocycles. The SMILES string of the molecule is Cl.O=S(=O)(NCC(c1ccco1)N1CCCCC1)c1cccc(C(F)(F)F)c1. The molecule has 0 bridgehead atoms. The number of nitrogens with zero attached hydrogens (tertiary/aromatic N) is 1. The van der Waals surface area contributed by atoms with Crippen molar-refractivity contribution >= 4 is 22.4 Å². The Bertz CT molecular complexity index is 851. The highest BCUT2D eigenvalue weighted by molar-refractivity contribution is 7.89. The number of furan rings is 1. The quantitative estimate of drug-likeness (QED) is 0.733. The first-order valence-corrected chi connectivity index (χ1v) is 10.2. The van der Waals surface area contributed by atoms with E-state index < -0.39 is 26.7 Å². The van der Waals surface area contributed by atoms with Gasteiger partial charge in [0.15, 0.2) is 0 Å². The van der Waals surface area contributed by atoms with Gasteiger partial charge in [0.25, 0.3) is 0 Å². The molecule has 1 aliphatic rings. The molecule has 28 heavy (non-hydrogen) atoms. The van der Waals surface area contributed by atoms with E-state index in [4.69, 9.17) is 4.42 Å². The molecule has 1 atom stereocenters. The Kier molecular flexibility index (Phi) is 7.55. The molecule has 3 rings (SSSR count). The van der Waals surface area contributed by atoms with Gasteiger partial charge in [0.1, 0.15) is 5.76 Å². The van der Waals surface area contributed by atoms with Crippen LogP contribution in [0, 0.1) is 0 Å². The zero-order valence-corrected chi connectivity index (χ0v) is 16.6. The van der Waals surface area contributed by atoms with Crippen molar-refractivity contribution in [2.45, 2.75) is 36.4 Å². The lowest BCUT2D eigenvalue weighted by molar-refractivity contribution is -0.137. The maximum Gasteiger partial charge on any atom is 0.416 e. The smallest absolute Gasteiger partial charge is 0.416 e. The van der Waals surface area contributed by atoms with E-state index >= 15 is 0 Å². The summed E-state index contributed by atoms with van der Waals surface area (Å²) in [6.45, 7) is 1.65. The van der Waals surface area contributed by atoms with Crippen molar-refractivity contribution in [2.75, 3.05) is 19.6 Å². The van der Waals surface area contributed by atoms with Gasteiger partial charge in [0.2, 0.25) is 10.0 Å². The number of hydrogen-bond acceptors (Lipinski definition) is 4. The van der Waals surface area contributed by atoms with Crippen LogP contribution in [0.2, 0.25) is 0 Å². The Morgan fingerprint density at radius 3 is 2.43 bits per heavy atom. The van der Waals surface area contributed by atoms with Crippen molar-refractivity contribution in [3.05, 3.63) is 54.0 Å². The highest BCUT2D eigenvalue weighted by Gasteiger charge is 2.32. The van der Waals surface area contributed by atoms with Crippen LogP contribution < -0.4 is 4.72 Å². The lowest BCUT2D eigenvalue weighted by Crippen LogP contribution is -2.40. The molecule has 1 unspecified atom stereocenters. The maximum absolute atomic E-state index is 12.9. The molecule has 1 aromatic heterocycles. The molecule has 156 valence electrons. The lowest BCUT2D eigenvalue weighted by atomic mass is 10.1. The standard InChI is InChI=1S/C18H21F3N2O3S.ClH/c19-18(20,21)14-6-4-7-15(12-14)27(24,25)22-13-16(17-8-5-11-26-17)23-9-2-1-3-10-23;/h4-8,11-12,16,22H,1-3,9-10,13H2;1H. The molecule has 10 heteroatoms. The minimum Gasteiger partial charge on any atom is -0.468 e. The average molecular weight is 439 g/mol. The number of alkyl halides is 3. The van der Waals surface area contributed by atoms with Crippen LogP contribution in [0.5, 0.6) is 0 Å². The summed E-state index contributed by atoms with van der Waals surface area (Å²) >= 11 is 0. The molecule has 1 N–H and O–H groups in total. The number of piperidine rings is 1. The highest BCUT2D eigenvalue weighted by atomic mass is 35.5. The fraction of sp³-hybridized carbons (Fsp3) is 0.444. The molecule has 2 aromatic rings. The molecule has 0 amide bonds. The van der Waals surface area contributed by atoms with Gasteiger partial charge in [-0.2, -0.15) is 13.2 Å². The first kappa shape index (κ1) is 22.7. The minimum absolute atomic E-state index is 0. The van der Waals surface area contributed by atoms with Crippen LogP contribution in [0.15, 0.2) is 52.0 Å². The summed E-state index contributed by atoms with van der Waals surface area (Å²) in [5.41, 5.74) is -0.996. The predicted octanol–water partition coefficient (Wildman–Crippen LogP) is 4.23. The summed E-state index contributed by atoms with van der Waals surface area (Å²) < 4.78 is 71.6. The van der Waals surface area contributed by atoms with Gasteiger partial charge in [0.05, 0.1) is 22.8 Å². The van der Waals surface area contributed by atoms with Gasteiger partial charge in [-0.1, -0.05) is 12.5 Å². The molecule has 0 aliphatic carbocycles. The number of halogens is 4. The number of hydrogen-bond donors (Lipinski definition) is 1. The van der Waals surface area contributed by atoms with Gasteiger partial charge in [0, 0.05) is 6.54 Å². The lowest BCUT2D eigenvalue weighted by Gasteiger charge is -2.33. The third-order valence-corrected chi connectivity index (χ3v) is 6.06. The molecular weight excluding hydrogens is 417 g/mol. The number of benzene rings is 1. The zero-order valence-electron chi connectivity index (χ0n) is 15.0. The fourth-order valence-electron chi connectivity index (χ4n) is 3.23. The predicted molar refractivity (Wildman–Crippen MR) is 101 cm³/mol. The Balaban J connectivity index is 0.00000280. The molecular formula is C18H22ClF3N2O3S. The summed E-state index contributed by atoms with van der Waals surface area (Å²) in [4.78, 5) is 1.73. The van der Waals surface area contributed by atoms with Crippen molar-refractivity contribution in [3.8, 4) is 0 Å². The summed E-state index contributed by atoms with van der Waals surface area (Å²) in [6.07, 6.45) is 0.0656. The van der Waals surface area contributed by atoms with Gasteiger partial charge < -0.3 is 4.42 Å². The van der Waals surface area contributed by atoms with E-state index in [1.54, 1.807) is 12.1 Å². The second kappa shape index (κ2) is 9.30. The third-order valence-electron chi connectivity index (χ3n) is 4.64. The summed E-state index contributed by atoms with van der Waals surface area (Å²) in [7, 11) is -4.09. The zero-order chi connectivity index (χ0) is 19.5. The third kappa shape index (κ3) is 5.50. The van der Waals surface area contributed by atoms with E-state index in [9.17, 15) is 21.6 Å². The van der Waals surface area contributed by atoms with Gasteiger partial charge >= 0.3 is 6.18 Å². The normalized spacial score (nSPS) is 17.1. The van der Waals surface area contributed by atoms with E-state index in [0.29, 0.717) is 11.8 Å². The van der Waals surface area contributed by atoms with Crippen LogP contribution in [-0.4, -0.2) is 33.0 Å². The highest BCUT2D eigenvalue weighted by Crippen LogP contribution is 2.31. The molecule has 0 spiro atoms. The van der Waals surface area contributed by atoms with Crippen molar-refractivity contribution in [1.29, 1.82) is 0 Å². The number of sulfonamides is 1. The second-order valence-electron chi connectivity index (χ2n) is 6.51. The van der Waals surface area contributed by atoms with E-state index in [2.05, 4.69) is 9.62 Å². The van der Waals surface area contributed by atoms with Crippen molar-refractivity contribution in [2.24, 2.45) is 0 Å². The summed E-state index contributed by atoms with van der Waals surface area (Å²) in [5.74, 6) is 0.628. The molecule has 0 radical (unpaired) electrons. The Hall–Kier alpha value is -1.55. The van der Waals surface area contributed by atoms with Gasteiger partial charge in [-0.25, -0.2) is 13.1 Å². The number of nitrogens with one attached hydrogen (secondary N) is 1. The van der Waals surface area contributed by atoms with E-state index in [1.807, 2.05) is 0 Å². The Labute approximate surface area is 168 Å². The summed E-state index contributed by atoms with van der Waals surface area (Å²) in [6, 6.07) is 6.93. The topological polar surface area (TPSA) is 62.6 Å². The molecule has 1 fully saturated rings. The minimum atomic E-state index is -4.60. The monoisotopic (exact) mass is 438 g/mol. The van der Waals surface area contributed by atoms with Crippen molar-refractivity contribution in [3.63, 3.8) is 0 Å². The first-order chi connectivity index (χ1) is 12.8. The van der Waals surface area contributed by atoms with E-state index in [0.717, 1.165) is 50.6 Å². The summed E-state index contributed by atoms with van der Waals surface area (Å²) in [5, 5.41) is 0. The molecule has 0 saturated carbocycles. The number of likely N-dealkylation sites (tertiary alicyclic amines) is 1. The van der Waals surface area contributed by atoms with Gasteiger partial charge in [-0.3, -0.25) is 4.90 Å². The Morgan fingerprint density at radius 2 is 1.82 bits per heavy atom. The second-order valence-corrected chi connectivity index (χ2v) is 8.27. The molecule has 1 aliphatic heterocycles. The van der Waals surface area contributed by atoms with Gasteiger partial charge in [-0.05, 0) is 56.3 Å².